The molecule has 1 aromatic carbocycles. The van der Waals surface area contributed by atoms with Crippen molar-refractivity contribution in [3.63, 3.8) is 0 Å². The van der Waals surface area contributed by atoms with E-state index in [0.717, 1.165) is 19.5 Å². The first-order chi connectivity index (χ1) is 9.13. The van der Waals surface area contributed by atoms with Crippen molar-refractivity contribution >= 4 is 0 Å². The van der Waals surface area contributed by atoms with Crippen molar-refractivity contribution in [1.82, 2.24) is 10.2 Å². The van der Waals surface area contributed by atoms with Crippen LogP contribution in [-0.2, 0) is 6.42 Å². The second kappa shape index (κ2) is 8.34. The van der Waals surface area contributed by atoms with Gasteiger partial charge in [0, 0.05) is 12.1 Å². The Hall–Kier alpha value is -0.860. The molecule has 0 saturated heterocycles. The molecule has 0 aliphatic heterocycles. The molecular weight excluding hydrogens is 232 g/mol. The normalized spacial score (nSPS) is 14.6. The lowest BCUT2D eigenvalue weighted by Crippen LogP contribution is -2.41. The molecule has 0 aromatic heterocycles. The first kappa shape index (κ1) is 16.2. The van der Waals surface area contributed by atoms with Crippen molar-refractivity contribution < 1.29 is 0 Å². The average Bonchev–Trinajstić information content (AvgIpc) is 2.44. The van der Waals surface area contributed by atoms with Crippen molar-refractivity contribution in [2.75, 3.05) is 20.1 Å². The summed E-state index contributed by atoms with van der Waals surface area (Å²) in [6.07, 6.45) is 2.31. The molecule has 0 radical (unpaired) electrons. The topological polar surface area (TPSA) is 15.3 Å². The number of aryl methyl sites for hydroxylation is 1. The summed E-state index contributed by atoms with van der Waals surface area (Å²) in [6, 6.07) is 9.99. The Balaban J connectivity index is 2.85. The van der Waals surface area contributed by atoms with Crippen molar-refractivity contribution in [2.24, 2.45) is 0 Å². The summed E-state index contributed by atoms with van der Waals surface area (Å²) in [6.45, 7) is 11.1. The van der Waals surface area contributed by atoms with Crippen LogP contribution in [0.15, 0.2) is 24.3 Å². The van der Waals surface area contributed by atoms with Crippen LogP contribution in [0.4, 0.5) is 0 Å². The van der Waals surface area contributed by atoms with Crippen LogP contribution in [0.3, 0.4) is 0 Å². The molecule has 0 fully saturated rings. The molecule has 2 unspecified atom stereocenters. The van der Waals surface area contributed by atoms with E-state index >= 15 is 0 Å². The number of likely N-dealkylation sites (N-methyl/N-ethyl adjacent to an activating group) is 2. The van der Waals surface area contributed by atoms with E-state index in [1.807, 2.05) is 0 Å². The Morgan fingerprint density at radius 1 is 1.11 bits per heavy atom. The molecule has 0 spiro atoms. The quantitative estimate of drug-likeness (QED) is 0.769. The molecule has 0 amide bonds. The highest BCUT2D eigenvalue weighted by molar-refractivity contribution is 5.26. The molecule has 108 valence electrons. The van der Waals surface area contributed by atoms with Gasteiger partial charge in [0.25, 0.3) is 0 Å². The molecule has 1 aromatic rings. The van der Waals surface area contributed by atoms with E-state index in [1.165, 1.54) is 17.5 Å². The van der Waals surface area contributed by atoms with E-state index < -0.39 is 0 Å². The number of nitrogens with zero attached hydrogens (tertiary/aromatic N) is 1. The average molecular weight is 262 g/mol. The van der Waals surface area contributed by atoms with Crippen molar-refractivity contribution in [1.29, 1.82) is 0 Å². The first-order valence-corrected chi connectivity index (χ1v) is 7.66. The van der Waals surface area contributed by atoms with Crippen LogP contribution in [-0.4, -0.2) is 31.1 Å². The van der Waals surface area contributed by atoms with Crippen LogP contribution in [0.1, 0.15) is 51.3 Å². The van der Waals surface area contributed by atoms with E-state index in [2.05, 4.69) is 69.2 Å². The van der Waals surface area contributed by atoms with Gasteiger partial charge in [0.2, 0.25) is 0 Å². The lowest BCUT2D eigenvalue weighted by atomic mass is 9.97. The molecule has 2 atom stereocenters. The maximum absolute atomic E-state index is 3.63. The van der Waals surface area contributed by atoms with Gasteiger partial charge >= 0.3 is 0 Å². The first-order valence-electron chi connectivity index (χ1n) is 7.66. The largest absolute Gasteiger partial charge is 0.309 e. The smallest absolute Gasteiger partial charge is 0.0475 e. The molecule has 0 bridgehead atoms. The summed E-state index contributed by atoms with van der Waals surface area (Å²) in [7, 11) is 2.22. The second-order valence-electron chi connectivity index (χ2n) is 5.35. The van der Waals surface area contributed by atoms with Gasteiger partial charge in [-0.15, -0.1) is 0 Å². The lowest BCUT2D eigenvalue weighted by Gasteiger charge is -2.32. The minimum absolute atomic E-state index is 0.410. The van der Waals surface area contributed by atoms with Crippen LogP contribution in [0.5, 0.6) is 0 Å². The highest BCUT2D eigenvalue weighted by Gasteiger charge is 2.21. The second-order valence-corrected chi connectivity index (χ2v) is 5.35. The van der Waals surface area contributed by atoms with Gasteiger partial charge in [0.15, 0.2) is 0 Å². The van der Waals surface area contributed by atoms with Gasteiger partial charge in [-0.25, -0.2) is 0 Å². The molecule has 2 heteroatoms. The van der Waals surface area contributed by atoms with Gasteiger partial charge in [-0.3, -0.25) is 0 Å². The zero-order valence-corrected chi connectivity index (χ0v) is 13.2. The Kier molecular flexibility index (Phi) is 7.11. The summed E-state index contributed by atoms with van der Waals surface area (Å²) in [4.78, 5) is 2.45. The molecular formula is C17H30N2. The third kappa shape index (κ3) is 4.63. The SMILES string of the molecule is CCCN(C)C(C)C(NCC)c1ccc(CC)cc1. The fourth-order valence-corrected chi connectivity index (χ4v) is 2.56. The number of hydrogen-bond acceptors (Lipinski definition) is 2. The van der Waals surface area contributed by atoms with Gasteiger partial charge in [0.1, 0.15) is 0 Å². The maximum atomic E-state index is 3.63. The molecule has 0 saturated carbocycles. The zero-order valence-electron chi connectivity index (χ0n) is 13.2. The number of hydrogen-bond donors (Lipinski definition) is 1. The Labute approximate surface area is 119 Å². The van der Waals surface area contributed by atoms with Gasteiger partial charge in [-0.2, -0.15) is 0 Å². The van der Waals surface area contributed by atoms with Gasteiger partial charge in [0.05, 0.1) is 0 Å². The van der Waals surface area contributed by atoms with Gasteiger partial charge < -0.3 is 10.2 Å². The molecule has 0 aliphatic carbocycles. The summed E-state index contributed by atoms with van der Waals surface area (Å²) in [5.41, 5.74) is 2.81. The van der Waals surface area contributed by atoms with Crippen LogP contribution in [0, 0.1) is 0 Å². The minimum Gasteiger partial charge on any atom is -0.309 e. The van der Waals surface area contributed by atoms with Crippen LogP contribution >= 0.6 is 0 Å². The van der Waals surface area contributed by atoms with Gasteiger partial charge in [-0.05, 0) is 51.0 Å². The standard InChI is InChI=1S/C17H30N2/c1-6-13-19(5)14(4)17(18-8-3)16-11-9-15(7-2)10-12-16/h9-12,14,17-18H,6-8,13H2,1-5H3. The number of nitrogens with one attached hydrogen (secondary N) is 1. The van der Waals surface area contributed by atoms with Gasteiger partial charge in [-0.1, -0.05) is 45.0 Å². The number of benzene rings is 1. The van der Waals surface area contributed by atoms with Crippen LogP contribution in [0.25, 0.3) is 0 Å². The highest BCUT2D eigenvalue weighted by Crippen LogP contribution is 2.21. The van der Waals surface area contributed by atoms with Crippen molar-refractivity contribution in [3.8, 4) is 0 Å². The highest BCUT2D eigenvalue weighted by atomic mass is 15.2. The predicted octanol–water partition coefficient (Wildman–Crippen LogP) is 3.63. The van der Waals surface area contributed by atoms with E-state index in [-0.39, 0.29) is 0 Å². The molecule has 1 rings (SSSR count). The fraction of sp³-hybridized carbons (Fsp3) is 0.647. The fourth-order valence-electron chi connectivity index (χ4n) is 2.56. The predicted molar refractivity (Wildman–Crippen MR) is 84.6 cm³/mol. The van der Waals surface area contributed by atoms with E-state index in [9.17, 15) is 0 Å². The Bertz CT molecular complexity index is 345. The zero-order chi connectivity index (χ0) is 14.3. The van der Waals surface area contributed by atoms with E-state index in [0.29, 0.717) is 12.1 Å². The number of rotatable bonds is 8. The molecule has 0 heterocycles. The van der Waals surface area contributed by atoms with Crippen molar-refractivity contribution in [2.45, 2.75) is 52.6 Å². The minimum atomic E-state index is 0.410. The van der Waals surface area contributed by atoms with Crippen LogP contribution in [0.2, 0.25) is 0 Å². The lowest BCUT2D eigenvalue weighted by molar-refractivity contribution is 0.208. The summed E-state index contributed by atoms with van der Waals surface area (Å²) < 4.78 is 0. The summed E-state index contributed by atoms with van der Waals surface area (Å²) >= 11 is 0. The molecule has 0 aliphatic rings. The summed E-state index contributed by atoms with van der Waals surface area (Å²) in [5.74, 6) is 0. The monoisotopic (exact) mass is 262 g/mol. The summed E-state index contributed by atoms with van der Waals surface area (Å²) in [5, 5.41) is 3.63. The van der Waals surface area contributed by atoms with E-state index in [4.69, 9.17) is 0 Å². The Morgan fingerprint density at radius 3 is 2.21 bits per heavy atom. The maximum Gasteiger partial charge on any atom is 0.0475 e. The molecule has 19 heavy (non-hydrogen) atoms. The third-order valence-corrected chi connectivity index (χ3v) is 3.93. The van der Waals surface area contributed by atoms with Crippen LogP contribution < -0.4 is 5.32 Å². The third-order valence-electron chi connectivity index (χ3n) is 3.93. The van der Waals surface area contributed by atoms with Crippen molar-refractivity contribution in [3.05, 3.63) is 35.4 Å². The van der Waals surface area contributed by atoms with E-state index in [1.54, 1.807) is 0 Å². The molecule has 2 nitrogen and oxygen atoms in total. The molecule has 1 N–H and O–H groups in total. The Morgan fingerprint density at radius 2 is 1.74 bits per heavy atom.